The maximum absolute atomic E-state index is 9.94. The van der Waals surface area contributed by atoms with Gasteiger partial charge in [0.2, 0.25) is 5.88 Å². The molecule has 0 atom stereocenters. The summed E-state index contributed by atoms with van der Waals surface area (Å²) >= 11 is 0. The molecule has 0 unspecified atom stereocenters. The molecule has 0 fully saturated rings. The third-order valence-corrected chi connectivity index (χ3v) is 3.06. The van der Waals surface area contributed by atoms with E-state index < -0.39 is 0 Å². The normalized spacial score (nSPS) is 11.1. The highest BCUT2D eigenvalue weighted by molar-refractivity contribution is 5.97. The summed E-state index contributed by atoms with van der Waals surface area (Å²) in [5.41, 5.74) is 2.52. The topological polar surface area (TPSA) is 61.2 Å². The summed E-state index contributed by atoms with van der Waals surface area (Å²) < 4.78 is 1.34. The van der Waals surface area contributed by atoms with Crippen LogP contribution in [0.4, 0.5) is 0 Å². The highest BCUT2D eigenvalue weighted by atomic mass is 16.3. The number of fused-ring (bicyclic) bond motifs is 1. The Labute approximate surface area is 97.8 Å². The largest absolute Gasteiger partial charge is 0.494 e. The zero-order valence-electron chi connectivity index (χ0n) is 9.31. The van der Waals surface area contributed by atoms with Crippen LogP contribution in [0, 0.1) is 0 Å². The van der Waals surface area contributed by atoms with Crippen LogP contribution < -0.4 is 0 Å². The van der Waals surface area contributed by atoms with Crippen LogP contribution in [0.25, 0.3) is 22.0 Å². The maximum Gasteiger partial charge on any atom is 0.201 e. The molecule has 3 aromatic rings. The van der Waals surface area contributed by atoms with E-state index in [1.165, 1.54) is 4.57 Å². The summed E-state index contributed by atoms with van der Waals surface area (Å²) in [5, 5.41) is 20.5. The fourth-order valence-corrected chi connectivity index (χ4v) is 2.07. The van der Waals surface area contributed by atoms with Crippen molar-refractivity contribution in [2.45, 2.75) is 0 Å². The molecule has 0 radical (unpaired) electrons. The average molecular weight is 228 g/mol. The van der Waals surface area contributed by atoms with Gasteiger partial charge in [-0.3, -0.25) is 4.57 Å². The summed E-state index contributed by atoms with van der Waals surface area (Å²) in [5.74, 6) is 0.107. The van der Waals surface area contributed by atoms with Gasteiger partial charge in [0.15, 0.2) is 5.88 Å². The average Bonchev–Trinajstić information content (AvgIpc) is 2.86. The van der Waals surface area contributed by atoms with Gasteiger partial charge in [0.05, 0.1) is 0 Å². The van der Waals surface area contributed by atoms with E-state index in [-0.39, 0.29) is 11.8 Å². The van der Waals surface area contributed by atoms with Gasteiger partial charge in [0, 0.05) is 41.3 Å². The number of hydrogen-bond donors (Lipinski definition) is 3. The van der Waals surface area contributed by atoms with Crippen molar-refractivity contribution in [3.8, 4) is 22.9 Å². The molecule has 0 aliphatic carbocycles. The van der Waals surface area contributed by atoms with Crippen molar-refractivity contribution in [3.63, 3.8) is 0 Å². The molecule has 86 valence electrons. The molecule has 0 saturated carbocycles. The van der Waals surface area contributed by atoms with Gasteiger partial charge in [-0.15, -0.1) is 0 Å². The fraction of sp³-hybridized carbons (Fsp3) is 0.0769. The Morgan fingerprint density at radius 3 is 2.59 bits per heavy atom. The summed E-state index contributed by atoms with van der Waals surface area (Å²) in [7, 11) is 1.61. The van der Waals surface area contributed by atoms with Crippen molar-refractivity contribution in [2.24, 2.45) is 7.05 Å². The van der Waals surface area contributed by atoms with E-state index in [1.807, 2.05) is 30.5 Å². The van der Waals surface area contributed by atoms with E-state index in [0.717, 1.165) is 16.5 Å². The predicted octanol–water partition coefficient (Wildman–Crippen LogP) is 2.58. The second-order valence-corrected chi connectivity index (χ2v) is 4.05. The Bertz CT molecular complexity index is 695. The second-order valence-electron chi connectivity index (χ2n) is 4.05. The SMILES string of the molecule is Cn1c(O)cc(-c2c[nH]c3ccccc23)c1O. The van der Waals surface area contributed by atoms with E-state index in [9.17, 15) is 10.2 Å². The van der Waals surface area contributed by atoms with Crippen molar-refractivity contribution in [1.82, 2.24) is 9.55 Å². The van der Waals surface area contributed by atoms with Crippen molar-refractivity contribution in [2.75, 3.05) is 0 Å². The van der Waals surface area contributed by atoms with E-state index in [0.29, 0.717) is 5.56 Å². The van der Waals surface area contributed by atoms with Gasteiger partial charge in [-0.1, -0.05) is 18.2 Å². The Morgan fingerprint density at radius 2 is 1.88 bits per heavy atom. The van der Waals surface area contributed by atoms with Crippen LogP contribution in [0.3, 0.4) is 0 Å². The number of aromatic amines is 1. The Balaban J connectivity index is 2.31. The van der Waals surface area contributed by atoms with E-state index in [1.54, 1.807) is 13.1 Å². The molecule has 4 nitrogen and oxygen atoms in total. The van der Waals surface area contributed by atoms with E-state index in [4.69, 9.17) is 0 Å². The summed E-state index contributed by atoms with van der Waals surface area (Å²) in [6.45, 7) is 0. The lowest BCUT2D eigenvalue weighted by molar-refractivity contribution is 0.387. The molecule has 3 rings (SSSR count). The summed E-state index contributed by atoms with van der Waals surface area (Å²) in [6, 6.07) is 9.40. The van der Waals surface area contributed by atoms with E-state index in [2.05, 4.69) is 4.98 Å². The molecular formula is C13H12N2O2. The molecule has 1 aromatic carbocycles. The van der Waals surface area contributed by atoms with Gasteiger partial charge in [-0.25, -0.2) is 0 Å². The maximum atomic E-state index is 9.94. The van der Waals surface area contributed by atoms with Crippen LogP contribution in [0.5, 0.6) is 11.8 Å². The van der Waals surface area contributed by atoms with Gasteiger partial charge < -0.3 is 15.2 Å². The van der Waals surface area contributed by atoms with Crippen LogP contribution in [0.15, 0.2) is 36.5 Å². The van der Waals surface area contributed by atoms with Gasteiger partial charge in [-0.05, 0) is 6.07 Å². The first-order valence-electron chi connectivity index (χ1n) is 5.32. The Hall–Kier alpha value is -2.36. The molecule has 0 amide bonds. The molecule has 17 heavy (non-hydrogen) atoms. The number of nitrogens with zero attached hydrogens (tertiary/aromatic N) is 1. The molecule has 4 heteroatoms. The smallest absolute Gasteiger partial charge is 0.201 e. The fourth-order valence-electron chi connectivity index (χ4n) is 2.07. The molecule has 0 aliphatic heterocycles. The van der Waals surface area contributed by atoms with Crippen LogP contribution in [0.1, 0.15) is 0 Å². The minimum Gasteiger partial charge on any atom is -0.494 e. The zero-order chi connectivity index (χ0) is 12.0. The summed E-state index contributed by atoms with van der Waals surface area (Å²) in [6.07, 6.45) is 1.83. The lowest BCUT2D eigenvalue weighted by Gasteiger charge is -1.99. The molecule has 0 aliphatic rings. The van der Waals surface area contributed by atoms with Crippen molar-refractivity contribution in [3.05, 3.63) is 36.5 Å². The lowest BCUT2D eigenvalue weighted by atomic mass is 10.1. The van der Waals surface area contributed by atoms with Crippen molar-refractivity contribution in [1.29, 1.82) is 0 Å². The molecule has 0 saturated heterocycles. The quantitative estimate of drug-likeness (QED) is 0.599. The third kappa shape index (κ3) is 1.30. The second kappa shape index (κ2) is 3.31. The van der Waals surface area contributed by atoms with Gasteiger partial charge in [0.1, 0.15) is 0 Å². The third-order valence-electron chi connectivity index (χ3n) is 3.06. The standard InChI is InChI=1S/C13H12N2O2/c1-15-12(16)6-9(13(15)17)10-7-14-11-5-3-2-4-8(10)11/h2-7,14,16-17H,1H3. The van der Waals surface area contributed by atoms with Crippen molar-refractivity contribution >= 4 is 10.9 Å². The van der Waals surface area contributed by atoms with Crippen LogP contribution in [-0.4, -0.2) is 19.8 Å². The number of benzene rings is 1. The monoisotopic (exact) mass is 228 g/mol. The van der Waals surface area contributed by atoms with Gasteiger partial charge in [-0.2, -0.15) is 0 Å². The predicted molar refractivity (Wildman–Crippen MR) is 66.0 cm³/mol. The number of aromatic hydroxyl groups is 2. The molecule has 0 spiro atoms. The van der Waals surface area contributed by atoms with Gasteiger partial charge >= 0.3 is 0 Å². The molecule has 2 heterocycles. The summed E-state index contributed by atoms with van der Waals surface area (Å²) in [4.78, 5) is 3.14. The number of hydrogen-bond acceptors (Lipinski definition) is 2. The molecule has 3 N–H and O–H groups in total. The number of aromatic nitrogens is 2. The Morgan fingerprint density at radius 1 is 1.12 bits per heavy atom. The number of para-hydroxylation sites is 1. The highest BCUT2D eigenvalue weighted by Crippen LogP contribution is 2.38. The van der Waals surface area contributed by atoms with Crippen LogP contribution >= 0.6 is 0 Å². The molecular weight excluding hydrogens is 216 g/mol. The Kier molecular flexibility index (Phi) is 1.92. The number of nitrogens with one attached hydrogen (secondary N) is 1. The highest BCUT2D eigenvalue weighted by Gasteiger charge is 2.15. The number of rotatable bonds is 1. The molecule has 2 aromatic heterocycles. The van der Waals surface area contributed by atoms with Crippen molar-refractivity contribution < 1.29 is 10.2 Å². The first-order chi connectivity index (χ1) is 8.18. The van der Waals surface area contributed by atoms with E-state index >= 15 is 0 Å². The molecule has 0 bridgehead atoms. The first kappa shape index (κ1) is 9.84. The first-order valence-corrected chi connectivity index (χ1v) is 5.32. The zero-order valence-corrected chi connectivity index (χ0v) is 9.31. The minimum absolute atomic E-state index is 0.0442. The minimum atomic E-state index is 0.0442. The van der Waals surface area contributed by atoms with Crippen LogP contribution in [-0.2, 0) is 7.05 Å². The number of H-pyrrole nitrogens is 1. The van der Waals surface area contributed by atoms with Gasteiger partial charge in [0.25, 0.3) is 0 Å². The lowest BCUT2D eigenvalue weighted by Crippen LogP contribution is -1.84. The van der Waals surface area contributed by atoms with Crippen LogP contribution in [0.2, 0.25) is 0 Å².